The minimum Gasteiger partial charge on any atom is -0.481 e. The number of carbonyl (C=O) groups is 7. The van der Waals surface area contributed by atoms with Crippen molar-refractivity contribution < 1.29 is 43.8 Å². The molecule has 49 heavy (non-hydrogen) atoms. The summed E-state index contributed by atoms with van der Waals surface area (Å²) in [6.07, 6.45) is 0.306. The molecule has 2 rings (SSSR count). The summed E-state index contributed by atoms with van der Waals surface area (Å²) in [6.45, 7) is 10.3. The van der Waals surface area contributed by atoms with Gasteiger partial charge >= 0.3 is 11.9 Å². The largest absolute Gasteiger partial charge is 0.481 e. The second-order valence-electron chi connectivity index (χ2n) is 13.5. The van der Waals surface area contributed by atoms with Crippen molar-refractivity contribution in [3.8, 4) is 0 Å². The van der Waals surface area contributed by atoms with Crippen molar-refractivity contribution in [3.05, 3.63) is 35.9 Å². The minimum atomic E-state index is -1.31. The van der Waals surface area contributed by atoms with Gasteiger partial charge in [0.25, 0.3) is 0 Å². The molecular weight excluding hydrogens is 636 g/mol. The van der Waals surface area contributed by atoms with Gasteiger partial charge in [0, 0.05) is 13.0 Å². The van der Waals surface area contributed by atoms with Crippen LogP contribution >= 0.6 is 0 Å². The molecule has 0 unspecified atom stereocenters. The Labute approximate surface area is 287 Å². The highest BCUT2D eigenvalue weighted by Gasteiger charge is 2.41. The summed E-state index contributed by atoms with van der Waals surface area (Å²) in [4.78, 5) is 91.3. The van der Waals surface area contributed by atoms with Gasteiger partial charge in [0.15, 0.2) is 0 Å². The summed E-state index contributed by atoms with van der Waals surface area (Å²) in [5.74, 6) is -6.95. The number of rotatable bonds is 18. The van der Waals surface area contributed by atoms with Gasteiger partial charge in [-0.2, -0.15) is 0 Å². The molecule has 1 aliphatic rings. The molecule has 1 saturated heterocycles. The van der Waals surface area contributed by atoms with Crippen LogP contribution in [-0.4, -0.2) is 99.4 Å². The van der Waals surface area contributed by atoms with Gasteiger partial charge in [-0.3, -0.25) is 28.8 Å². The van der Waals surface area contributed by atoms with Gasteiger partial charge in [-0.25, -0.2) is 4.79 Å². The molecular formula is C34H52N6O9. The van der Waals surface area contributed by atoms with Crippen LogP contribution in [0.3, 0.4) is 0 Å². The van der Waals surface area contributed by atoms with Gasteiger partial charge in [-0.15, -0.1) is 0 Å². The van der Waals surface area contributed by atoms with E-state index in [9.17, 15) is 43.8 Å². The summed E-state index contributed by atoms with van der Waals surface area (Å²) >= 11 is 0. The molecule has 0 radical (unpaired) electrons. The van der Waals surface area contributed by atoms with Crippen LogP contribution < -0.4 is 27.0 Å². The summed E-state index contributed by atoms with van der Waals surface area (Å²) in [7, 11) is 0. The lowest BCUT2D eigenvalue weighted by molar-refractivity contribution is -0.146. The quantitative estimate of drug-likeness (QED) is 0.112. The number of benzene rings is 1. The van der Waals surface area contributed by atoms with Gasteiger partial charge < -0.3 is 42.1 Å². The van der Waals surface area contributed by atoms with Crippen LogP contribution in [0.25, 0.3) is 0 Å². The molecule has 1 fully saturated rings. The van der Waals surface area contributed by atoms with Crippen molar-refractivity contribution in [1.82, 2.24) is 26.2 Å². The maximum absolute atomic E-state index is 13.8. The Hall–Kier alpha value is -4.53. The van der Waals surface area contributed by atoms with Crippen molar-refractivity contribution in [2.24, 2.45) is 23.5 Å². The molecule has 1 aliphatic heterocycles. The number of carboxylic acids is 2. The normalized spacial score (nSPS) is 17.5. The number of nitrogens with one attached hydrogen (secondary N) is 4. The van der Waals surface area contributed by atoms with Crippen LogP contribution in [0.4, 0.5) is 0 Å². The first-order chi connectivity index (χ1) is 22.9. The Bertz CT molecular complexity index is 1340. The molecule has 0 bridgehead atoms. The van der Waals surface area contributed by atoms with E-state index in [1.807, 2.05) is 6.07 Å². The minimum absolute atomic E-state index is 0.180. The highest BCUT2D eigenvalue weighted by Crippen LogP contribution is 2.21. The zero-order valence-electron chi connectivity index (χ0n) is 29.1. The molecule has 15 heteroatoms. The fourth-order valence-corrected chi connectivity index (χ4v) is 5.57. The molecule has 0 spiro atoms. The second-order valence-corrected chi connectivity index (χ2v) is 13.5. The predicted molar refractivity (Wildman–Crippen MR) is 180 cm³/mol. The van der Waals surface area contributed by atoms with E-state index in [0.29, 0.717) is 12.8 Å². The van der Waals surface area contributed by atoms with Gasteiger partial charge in [-0.05, 0) is 49.0 Å². The molecule has 1 aromatic carbocycles. The molecule has 0 aromatic heterocycles. The molecule has 272 valence electrons. The lowest BCUT2D eigenvalue weighted by Crippen LogP contribution is -2.61. The van der Waals surface area contributed by atoms with E-state index in [0.717, 1.165) is 5.56 Å². The summed E-state index contributed by atoms with van der Waals surface area (Å²) in [5.41, 5.74) is 6.88. The van der Waals surface area contributed by atoms with Crippen LogP contribution in [0.5, 0.6) is 0 Å². The number of hydrogen-bond donors (Lipinski definition) is 7. The van der Waals surface area contributed by atoms with Crippen LogP contribution in [-0.2, 0) is 40.0 Å². The van der Waals surface area contributed by atoms with E-state index >= 15 is 0 Å². The Morgan fingerprint density at radius 1 is 0.776 bits per heavy atom. The zero-order chi connectivity index (χ0) is 37.0. The number of carboxylic acid groups (broad SMARTS) is 2. The van der Waals surface area contributed by atoms with Crippen molar-refractivity contribution in [2.75, 3.05) is 6.54 Å². The number of aliphatic carboxylic acids is 2. The van der Waals surface area contributed by atoms with Crippen LogP contribution in [0.2, 0.25) is 0 Å². The third kappa shape index (κ3) is 12.1. The molecule has 1 aromatic rings. The Kier molecular flexibility index (Phi) is 15.6. The number of hydrogen-bond acceptors (Lipinski definition) is 8. The molecule has 15 nitrogen and oxygen atoms in total. The Balaban J connectivity index is 2.19. The van der Waals surface area contributed by atoms with Crippen molar-refractivity contribution in [2.45, 2.75) is 110 Å². The number of nitrogens with two attached hydrogens (primary N) is 1. The second kappa shape index (κ2) is 18.9. The fourth-order valence-electron chi connectivity index (χ4n) is 5.57. The van der Waals surface area contributed by atoms with E-state index in [1.165, 1.54) is 4.90 Å². The van der Waals surface area contributed by atoms with Crippen molar-refractivity contribution in [3.63, 3.8) is 0 Å². The topological polar surface area (TPSA) is 237 Å². The lowest BCUT2D eigenvalue weighted by atomic mass is 9.98. The SMILES string of the molecule is CC(C)[C@H](NC(=O)[C@@H]1CCCN1C(=O)[C@@H](NC(=O)[C@@H](NC(=O)[C@H](CCC(=O)O)NC(=O)[C@@H](N)Cc1ccccc1)C(C)C)C(C)C)C(=O)O. The maximum Gasteiger partial charge on any atom is 0.326 e. The first kappa shape index (κ1) is 40.6. The monoisotopic (exact) mass is 688 g/mol. The smallest absolute Gasteiger partial charge is 0.326 e. The summed E-state index contributed by atoms with van der Waals surface area (Å²) in [5, 5.41) is 29.2. The van der Waals surface area contributed by atoms with E-state index in [4.69, 9.17) is 5.73 Å². The predicted octanol–water partition coefficient (Wildman–Crippen LogP) is 0.404. The molecule has 6 atom stereocenters. The summed E-state index contributed by atoms with van der Waals surface area (Å²) in [6, 6.07) is 2.34. The average Bonchev–Trinajstić information content (AvgIpc) is 3.52. The number of carbonyl (C=O) groups excluding carboxylic acids is 5. The third-order valence-electron chi connectivity index (χ3n) is 8.46. The van der Waals surface area contributed by atoms with Crippen LogP contribution in [0, 0.1) is 17.8 Å². The van der Waals surface area contributed by atoms with Gasteiger partial charge in [0.05, 0.1) is 6.04 Å². The Morgan fingerprint density at radius 2 is 1.35 bits per heavy atom. The molecule has 8 N–H and O–H groups in total. The van der Waals surface area contributed by atoms with Crippen LogP contribution in [0.1, 0.15) is 72.8 Å². The van der Waals surface area contributed by atoms with Gasteiger partial charge in [0.1, 0.15) is 30.2 Å². The van der Waals surface area contributed by atoms with E-state index in [-0.39, 0.29) is 25.3 Å². The average molecular weight is 689 g/mol. The lowest BCUT2D eigenvalue weighted by Gasteiger charge is -2.33. The summed E-state index contributed by atoms with van der Waals surface area (Å²) < 4.78 is 0. The van der Waals surface area contributed by atoms with Crippen molar-refractivity contribution in [1.29, 1.82) is 0 Å². The van der Waals surface area contributed by atoms with Gasteiger partial charge in [-0.1, -0.05) is 71.9 Å². The van der Waals surface area contributed by atoms with Crippen LogP contribution in [0.15, 0.2) is 30.3 Å². The molecule has 5 amide bonds. The zero-order valence-corrected chi connectivity index (χ0v) is 29.1. The number of nitrogens with zero attached hydrogens (tertiary/aromatic N) is 1. The highest BCUT2D eigenvalue weighted by molar-refractivity contribution is 5.97. The maximum atomic E-state index is 13.8. The first-order valence-electron chi connectivity index (χ1n) is 16.7. The molecule has 0 aliphatic carbocycles. The third-order valence-corrected chi connectivity index (χ3v) is 8.46. The van der Waals surface area contributed by atoms with E-state index in [2.05, 4.69) is 21.3 Å². The van der Waals surface area contributed by atoms with E-state index in [1.54, 1.807) is 65.8 Å². The first-order valence-corrected chi connectivity index (χ1v) is 16.7. The molecule has 0 saturated carbocycles. The fraction of sp³-hybridized carbons (Fsp3) is 0.618. The Morgan fingerprint density at radius 3 is 1.88 bits per heavy atom. The standard InChI is InChI=1S/C34H52N6O9/c1-18(2)26(37-30(44)23(14-15-25(41)42)36-29(43)22(35)17-21-11-8-7-9-12-21)32(46)38-27(19(3)4)33(47)40-16-10-13-24(40)31(45)39-28(20(5)6)34(48)49/h7-9,11-12,18-20,22-24,26-28H,10,13-17,35H2,1-6H3,(H,36,43)(H,37,44)(H,38,46)(H,39,45)(H,41,42)(H,48,49)/t22-,23-,24-,26-,27-,28-/m0/s1. The number of likely N-dealkylation sites (tertiary alicyclic amines) is 1. The highest BCUT2D eigenvalue weighted by atomic mass is 16.4. The molecule has 1 heterocycles. The number of amides is 5. The van der Waals surface area contributed by atoms with E-state index < -0.39 is 96.0 Å². The van der Waals surface area contributed by atoms with Crippen molar-refractivity contribution >= 4 is 41.5 Å². The van der Waals surface area contributed by atoms with Gasteiger partial charge in [0.2, 0.25) is 29.5 Å².